The third-order valence-corrected chi connectivity index (χ3v) is 6.70. The average molecular weight is 409 g/mol. The van der Waals surface area contributed by atoms with Crippen molar-refractivity contribution in [1.29, 1.82) is 0 Å². The van der Waals surface area contributed by atoms with Gasteiger partial charge in [-0.05, 0) is 31.4 Å². The lowest BCUT2D eigenvalue weighted by Gasteiger charge is -2.24. The summed E-state index contributed by atoms with van der Waals surface area (Å²) in [5, 5.41) is 2.84. The van der Waals surface area contributed by atoms with Gasteiger partial charge in [-0.3, -0.25) is 9.78 Å². The Balaban J connectivity index is 1.75. The zero-order valence-electron chi connectivity index (χ0n) is 15.5. The van der Waals surface area contributed by atoms with Crippen LogP contribution in [0.25, 0.3) is 0 Å². The SMILES string of the molecule is Cc1nc(CC(=O)N2CCN(S(C)(=O)=O)C[C@@H](Cc3ccccn3)C2)cs1. The van der Waals surface area contributed by atoms with Crippen molar-refractivity contribution in [1.82, 2.24) is 19.2 Å². The zero-order chi connectivity index (χ0) is 19.4. The Hall–Kier alpha value is -1.84. The number of hydrogen-bond donors (Lipinski definition) is 0. The van der Waals surface area contributed by atoms with Crippen molar-refractivity contribution in [2.45, 2.75) is 19.8 Å². The number of rotatable bonds is 5. The van der Waals surface area contributed by atoms with Crippen LogP contribution in [0.4, 0.5) is 0 Å². The van der Waals surface area contributed by atoms with Gasteiger partial charge in [-0.15, -0.1) is 11.3 Å². The summed E-state index contributed by atoms with van der Waals surface area (Å²) in [5.74, 6) is -0.0140. The van der Waals surface area contributed by atoms with E-state index in [-0.39, 0.29) is 18.2 Å². The molecule has 0 saturated carbocycles. The van der Waals surface area contributed by atoms with E-state index in [1.165, 1.54) is 21.9 Å². The third kappa shape index (κ3) is 5.57. The second-order valence-corrected chi connectivity index (χ2v) is 9.93. The van der Waals surface area contributed by atoms with Gasteiger partial charge in [0.25, 0.3) is 0 Å². The van der Waals surface area contributed by atoms with Gasteiger partial charge in [-0.25, -0.2) is 17.7 Å². The predicted molar refractivity (Wildman–Crippen MR) is 105 cm³/mol. The second kappa shape index (κ2) is 8.45. The van der Waals surface area contributed by atoms with Crippen molar-refractivity contribution >= 4 is 27.3 Å². The van der Waals surface area contributed by atoms with E-state index in [1.54, 1.807) is 11.1 Å². The third-order valence-electron chi connectivity index (χ3n) is 4.60. The van der Waals surface area contributed by atoms with Crippen LogP contribution >= 0.6 is 11.3 Å². The smallest absolute Gasteiger partial charge is 0.228 e. The van der Waals surface area contributed by atoms with Crippen molar-refractivity contribution in [2.75, 3.05) is 32.4 Å². The highest BCUT2D eigenvalue weighted by Crippen LogP contribution is 2.18. The second-order valence-electron chi connectivity index (χ2n) is 6.89. The van der Waals surface area contributed by atoms with Gasteiger partial charge in [0.2, 0.25) is 15.9 Å². The number of aryl methyl sites for hydroxylation is 1. The molecule has 1 aliphatic rings. The fraction of sp³-hybridized carbons (Fsp3) is 0.500. The van der Waals surface area contributed by atoms with Gasteiger partial charge in [-0.2, -0.15) is 0 Å². The van der Waals surface area contributed by atoms with E-state index in [4.69, 9.17) is 0 Å². The molecule has 0 spiro atoms. The minimum absolute atomic E-state index is 0.00162. The maximum atomic E-state index is 12.8. The van der Waals surface area contributed by atoms with Gasteiger partial charge in [-0.1, -0.05) is 6.07 Å². The predicted octanol–water partition coefficient (Wildman–Crippen LogP) is 1.35. The van der Waals surface area contributed by atoms with E-state index in [0.717, 1.165) is 16.4 Å². The molecule has 2 aromatic rings. The Morgan fingerprint density at radius 3 is 2.70 bits per heavy atom. The number of hydrogen-bond acceptors (Lipinski definition) is 6. The van der Waals surface area contributed by atoms with E-state index in [9.17, 15) is 13.2 Å². The van der Waals surface area contributed by atoms with Crippen molar-refractivity contribution < 1.29 is 13.2 Å². The Bertz CT molecular complexity index is 883. The fourth-order valence-corrected chi connectivity index (χ4v) is 4.81. The first kappa shape index (κ1) is 19.9. The molecule has 7 nitrogen and oxygen atoms in total. The lowest BCUT2D eigenvalue weighted by Crippen LogP contribution is -2.37. The fourth-order valence-electron chi connectivity index (χ4n) is 3.30. The molecule has 2 aromatic heterocycles. The number of sulfonamides is 1. The normalized spacial score (nSPS) is 19.0. The number of nitrogens with zero attached hydrogens (tertiary/aromatic N) is 4. The molecule has 0 aromatic carbocycles. The summed E-state index contributed by atoms with van der Waals surface area (Å²) in [5.41, 5.74) is 1.67. The Morgan fingerprint density at radius 2 is 2.07 bits per heavy atom. The number of carbonyl (C=O) groups is 1. The molecular formula is C18H24N4O3S2. The van der Waals surface area contributed by atoms with Crippen LogP contribution in [0.15, 0.2) is 29.8 Å². The van der Waals surface area contributed by atoms with E-state index in [0.29, 0.717) is 32.6 Å². The van der Waals surface area contributed by atoms with E-state index in [2.05, 4.69) is 9.97 Å². The van der Waals surface area contributed by atoms with Crippen LogP contribution in [-0.4, -0.2) is 65.9 Å². The minimum Gasteiger partial charge on any atom is -0.341 e. The van der Waals surface area contributed by atoms with Gasteiger partial charge in [0.05, 0.1) is 23.4 Å². The summed E-state index contributed by atoms with van der Waals surface area (Å²) >= 11 is 1.53. The zero-order valence-corrected chi connectivity index (χ0v) is 17.2. The van der Waals surface area contributed by atoms with Crippen LogP contribution in [0.3, 0.4) is 0 Å². The minimum atomic E-state index is -3.31. The molecule has 0 unspecified atom stereocenters. The molecule has 0 radical (unpaired) electrons. The summed E-state index contributed by atoms with van der Waals surface area (Å²) in [6.45, 7) is 3.55. The molecular weight excluding hydrogens is 384 g/mol. The summed E-state index contributed by atoms with van der Waals surface area (Å²) < 4.78 is 25.7. The molecule has 146 valence electrons. The summed E-state index contributed by atoms with van der Waals surface area (Å²) in [4.78, 5) is 23.3. The molecule has 1 atom stereocenters. The van der Waals surface area contributed by atoms with Crippen molar-refractivity contribution in [3.8, 4) is 0 Å². The van der Waals surface area contributed by atoms with Crippen molar-refractivity contribution in [2.24, 2.45) is 5.92 Å². The highest BCUT2D eigenvalue weighted by atomic mass is 32.2. The van der Waals surface area contributed by atoms with Crippen LogP contribution in [0.2, 0.25) is 0 Å². The largest absolute Gasteiger partial charge is 0.341 e. The number of carbonyl (C=O) groups excluding carboxylic acids is 1. The average Bonchev–Trinajstić information content (AvgIpc) is 2.89. The van der Waals surface area contributed by atoms with Crippen molar-refractivity contribution in [3.05, 3.63) is 46.2 Å². The maximum Gasteiger partial charge on any atom is 0.228 e. The van der Waals surface area contributed by atoms with Crippen LogP contribution in [0.5, 0.6) is 0 Å². The van der Waals surface area contributed by atoms with Crippen LogP contribution in [0, 0.1) is 12.8 Å². The summed E-state index contributed by atoms with van der Waals surface area (Å²) in [6.07, 6.45) is 3.83. The molecule has 3 heterocycles. The van der Waals surface area contributed by atoms with Crippen LogP contribution in [-0.2, 0) is 27.7 Å². The van der Waals surface area contributed by atoms with Crippen LogP contribution < -0.4 is 0 Å². The highest BCUT2D eigenvalue weighted by molar-refractivity contribution is 7.88. The van der Waals surface area contributed by atoms with Crippen LogP contribution in [0.1, 0.15) is 16.4 Å². The molecule has 0 N–H and O–H groups in total. The first-order valence-electron chi connectivity index (χ1n) is 8.85. The van der Waals surface area contributed by atoms with E-state index in [1.807, 2.05) is 30.5 Å². The van der Waals surface area contributed by atoms with Gasteiger partial charge in [0.1, 0.15) is 0 Å². The maximum absolute atomic E-state index is 12.8. The Kier molecular flexibility index (Phi) is 6.23. The first-order valence-corrected chi connectivity index (χ1v) is 11.6. The molecule has 9 heteroatoms. The van der Waals surface area contributed by atoms with Gasteiger partial charge >= 0.3 is 0 Å². The van der Waals surface area contributed by atoms with E-state index < -0.39 is 10.0 Å². The van der Waals surface area contributed by atoms with Gasteiger partial charge < -0.3 is 4.90 Å². The first-order chi connectivity index (χ1) is 12.8. The van der Waals surface area contributed by atoms with Gasteiger partial charge in [0.15, 0.2) is 0 Å². The quantitative estimate of drug-likeness (QED) is 0.746. The molecule has 3 rings (SSSR count). The molecule has 1 saturated heterocycles. The number of aromatic nitrogens is 2. The summed E-state index contributed by atoms with van der Waals surface area (Å²) in [6, 6.07) is 5.70. The molecule has 0 aliphatic carbocycles. The lowest BCUT2D eigenvalue weighted by molar-refractivity contribution is -0.130. The molecule has 1 fully saturated rings. The number of pyridine rings is 1. The van der Waals surface area contributed by atoms with E-state index >= 15 is 0 Å². The lowest BCUT2D eigenvalue weighted by atomic mass is 10.0. The molecule has 0 bridgehead atoms. The topological polar surface area (TPSA) is 83.5 Å². The number of amides is 1. The monoisotopic (exact) mass is 408 g/mol. The highest BCUT2D eigenvalue weighted by Gasteiger charge is 2.30. The Labute approximate surface area is 164 Å². The van der Waals surface area contributed by atoms with Crippen molar-refractivity contribution in [3.63, 3.8) is 0 Å². The molecule has 1 aliphatic heterocycles. The van der Waals surface area contributed by atoms with Gasteiger partial charge in [0, 0.05) is 43.4 Å². The molecule has 1 amide bonds. The molecule has 27 heavy (non-hydrogen) atoms. The Morgan fingerprint density at radius 1 is 1.26 bits per heavy atom. The standard InChI is InChI=1S/C18H24N4O3S2/c1-14-20-17(13-26-14)10-18(23)21-7-8-22(27(2,24)25)12-15(11-21)9-16-5-3-4-6-19-16/h3-6,13,15H,7-12H2,1-2H3/t15-/m0/s1. The summed E-state index contributed by atoms with van der Waals surface area (Å²) in [7, 11) is -3.31. The number of thiazole rings is 1.